The fourth-order valence-electron chi connectivity index (χ4n) is 0.303. The van der Waals surface area contributed by atoms with Gasteiger partial charge >= 0.3 is 0 Å². The summed E-state index contributed by atoms with van der Waals surface area (Å²) in [5.41, 5.74) is 0. The van der Waals surface area contributed by atoms with Crippen molar-refractivity contribution in [1.29, 1.82) is 0 Å². The van der Waals surface area contributed by atoms with Gasteiger partial charge in [-0.25, -0.2) is 0 Å². The quantitative estimate of drug-likeness (QED) is 0.587. The van der Waals surface area contributed by atoms with Gasteiger partial charge < -0.3 is 9.63 Å². The molecule has 0 amide bonds. The summed E-state index contributed by atoms with van der Waals surface area (Å²) in [6.07, 6.45) is 0.492. The molecule has 1 N–H and O–H groups in total. The highest BCUT2D eigenvalue weighted by Gasteiger charge is 2.07. The summed E-state index contributed by atoms with van der Waals surface area (Å²) < 4.78 is 14.9. The van der Waals surface area contributed by atoms with Gasteiger partial charge in [0.15, 0.2) is 0 Å². The van der Waals surface area contributed by atoms with Crippen LogP contribution in [0.3, 0.4) is 0 Å². The second-order valence-electron chi connectivity index (χ2n) is 1.45. The molecule has 50 valence electrons. The Hall–Kier alpha value is 0.150. The number of aliphatic hydroxyl groups excluding tert-OH is 1. The van der Waals surface area contributed by atoms with Crippen molar-refractivity contribution in [3.8, 4) is 0 Å². The van der Waals surface area contributed by atoms with Gasteiger partial charge in [-0.15, -0.1) is 0 Å². The van der Waals surface area contributed by atoms with Crippen molar-refractivity contribution in [3.63, 3.8) is 0 Å². The summed E-state index contributed by atoms with van der Waals surface area (Å²) in [5.74, 6) is -0.759. The minimum Gasteiger partial charge on any atom is -0.383 e. The van der Waals surface area contributed by atoms with Crippen LogP contribution in [-0.2, 0) is 9.09 Å². The maximum Gasteiger partial charge on any atom is 0.218 e. The van der Waals surface area contributed by atoms with E-state index >= 15 is 0 Å². The molecule has 4 heteroatoms. The topological polar surface area (TPSA) is 46.5 Å². The van der Waals surface area contributed by atoms with Crippen LogP contribution in [0.2, 0.25) is 0 Å². The van der Waals surface area contributed by atoms with Crippen LogP contribution in [0.5, 0.6) is 0 Å². The minimum absolute atomic E-state index is 0.492. The molecular weight excluding hydrogens is 127 g/mol. The van der Waals surface area contributed by atoms with Gasteiger partial charge in [-0.3, -0.25) is 4.57 Å². The van der Waals surface area contributed by atoms with Crippen molar-refractivity contribution in [2.75, 3.05) is 7.11 Å². The van der Waals surface area contributed by atoms with Gasteiger partial charge in [0, 0.05) is 7.11 Å². The fourth-order valence-corrected chi connectivity index (χ4v) is 0.908. The Labute approximate surface area is 49.5 Å². The van der Waals surface area contributed by atoms with Crippen molar-refractivity contribution in [2.45, 2.75) is 19.2 Å². The molecule has 0 aliphatic heterocycles. The lowest BCUT2D eigenvalue weighted by atomic mass is 10.5. The number of aliphatic hydroxyl groups is 1. The Kier molecular flexibility index (Phi) is 4.15. The standard InChI is InChI=1S/C4H11O3P/c1-3-4(5)8(6)7-2/h4-5,8H,3H2,1-2H3. The average Bonchev–Trinajstić information content (AvgIpc) is 1.84. The van der Waals surface area contributed by atoms with Crippen molar-refractivity contribution in [3.05, 3.63) is 0 Å². The lowest BCUT2D eigenvalue weighted by Crippen LogP contribution is -1.97. The van der Waals surface area contributed by atoms with Crippen LogP contribution in [0.1, 0.15) is 13.3 Å². The molecule has 0 aliphatic carbocycles. The van der Waals surface area contributed by atoms with E-state index in [4.69, 9.17) is 5.11 Å². The van der Waals surface area contributed by atoms with E-state index < -0.39 is 13.9 Å². The van der Waals surface area contributed by atoms with Gasteiger partial charge in [0.25, 0.3) is 0 Å². The van der Waals surface area contributed by atoms with Crippen LogP contribution in [0.15, 0.2) is 0 Å². The molecule has 0 aromatic rings. The molecule has 0 spiro atoms. The molecule has 0 saturated heterocycles. The third kappa shape index (κ3) is 2.46. The first-order valence-corrected chi connectivity index (χ1v) is 3.87. The zero-order valence-electron chi connectivity index (χ0n) is 5.05. The molecule has 0 rings (SSSR count). The Morgan fingerprint density at radius 1 is 1.88 bits per heavy atom. The van der Waals surface area contributed by atoms with E-state index in [0.717, 1.165) is 0 Å². The van der Waals surface area contributed by atoms with E-state index in [1.54, 1.807) is 6.92 Å². The van der Waals surface area contributed by atoms with E-state index in [0.29, 0.717) is 6.42 Å². The first kappa shape index (κ1) is 8.15. The van der Waals surface area contributed by atoms with E-state index in [9.17, 15) is 4.57 Å². The van der Waals surface area contributed by atoms with Crippen LogP contribution >= 0.6 is 8.03 Å². The van der Waals surface area contributed by atoms with E-state index in [2.05, 4.69) is 4.52 Å². The smallest absolute Gasteiger partial charge is 0.218 e. The summed E-state index contributed by atoms with van der Waals surface area (Å²) >= 11 is 0. The van der Waals surface area contributed by atoms with Crippen LogP contribution in [-0.4, -0.2) is 18.1 Å². The zero-order valence-corrected chi connectivity index (χ0v) is 6.05. The summed E-state index contributed by atoms with van der Waals surface area (Å²) in [6, 6.07) is 0. The van der Waals surface area contributed by atoms with Crippen LogP contribution in [0.25, 0.3) is 0 Å². The Morgan fingerprint density at radius 2 is 2.38 bits per heavy atom. The second-order valence-corrected chi connectivity index (χ2v) is 3.16. The molecule has 0 aromatic heterocycles. The van der Waals surface area contributed by atoms with Crippen molar-refractivity contribution < 1.29 is 14.2 Å². The molecule has 2 unspecified atom stereocenters. The van der Waals surface area contributed by atoms with E-state index in [1.165, 1.54) is 7.11 Å². The van der Waals surface area contributed by atoms with Crippen molar-refractivity contribution in [1.82, 2.24) is 0 Å². The van der Waals surface area contributed by atoms with Crippen LogP contribution < -0.4 is 0 Å². The first-order chi connectivity index (χ1) is 3.72. The van der Waals surface area contributed by atoms with E-state index in [-0.39, 0.29) is 0 Å². The van der Waals surface area contributed by atoms with Gasteiger partial charge in [0.05, 0.1) is 0 Å². The van der Waals surface area contributed by atoms with Gasteiger partial charge in [0.2, 0.25) is 8.03 Å². The maximum atomic E-state index is 10.5. The lowest BCUT2D eigenvalue weighted by molar-refractivity contribution is 0.226. The highest BCUT2D eigenvalue weighted by atomic mass is 31.1. The first-order valence-electron chi connectivity index (χ1n) is 2.48. The Bertz CT molecular complexity index is 83.4. The monoisotopic (exact) mass is 138 g/mol. The van der Waals surface area contributed by atoms with Gasteiger partial charge in [-0.05, 0) is 6.42 Å². The third-order valence-corrected chi connectivity index (χ3v) is 2.21. The average molecular weight is 138 g/mol. The molecule has 0 saturated carbocycles. The van der Waals surface area contributed by atoms with Crippen LogP contribution in [0.4, 0.5) is 0 Å². The SMILES string of the molecule is CCC(O)[PH](=O)OC. The summed E-state index contributed by atoms with van der Waals surface area (Å²) in [5, 5.41) is 8.73. The molecule has 0 aliphatic rings. The highest BCUT2D eigenvalue weighted by Crippen LogP contribution is 2.27. The summed E-state index contributed by atoms with van der Waals surface area (Å²) in [6.45, 7) is 1.76. The normalized spacial score (nSPS) is 17.9. The van der Waals surface area contributed by atoms with E-state index in [1.807, 2.05) is 0 Å². The molecule has 0 fully saturated rings. The highest BCUT2D eigenvalue weighted by molar-refractivity contribution is 7.39. The van der Waals surface area contributed by atoms with Gasteiger partial charge in [-0.1, -0.05) is 6.92 Å². The molecule has 0 radical (unpaired) electrons. The minimum atomic E-state index is -2.15. The van der Waals surface area contributed by atoms with Crippen molar-refractivity contribution >= 4 is 8.03 Å². The van der Waals surface area contributed by atoms with Crippen molar-refractivity contribution in [2.24, 2.45) is 0 Å². The largest absolute Gasteiger partial charge is 0.383 e. The molecule has 2 atom stereocenters. The number of hydrogen-bond donors (Lipinski definition) is 1. The molecule has 0 heterocycles. The predicted octanol–water partition coefficient (Wildman–Crippen LogP) is 0.836. The molecule has 0 bridgehead atoms. The lowest BCUT2D eigenvalue weighted by Gasteiger charge is -2.03. The maximum absolute atomic E-state index is 10.5. The summed E-state index contributed by atoms with van der Waals surface area (Å²) in [7, 11) is -0.818. The number of rotatable bonds is 3. The molecule has 0 aromatic carbocycles. The Morgan fingerprint density at radius 3 is 2.50 bits per heavy atom. The molecular formula is C4H11O3P. The van der Waals surface area contributed by atoms with Gasteiger partial charge in [-0.2, -0.15) is 0 Å². The Balaban J connectivity index is 3.46. The fraction of sp³-hybridized carbons (Fsp3) is 1.00. The van der Waals surface area contributed by atoms with Crippen LogP contribution in [0, 0.1) is 0 Å². The molecule has 8 heavy (non-hydrogen) atoms. The summed E-state index contributed by atoms with van der Waals surface area (Å²) in [4.78, 5) is 0. The zero-order chi connectivity index (χ0) is 6.57. The predicted molar refractivity (Wildman–Crippen MR) is 32.3 cm³/mol. The second kappa shape index (κ2) is 4.07. The van der Waals surface area contributed by atoms with Gasteiger partial charge in [0.1, 0.15) is 5.85 Å². The number of hydrogen-bond acceptors (Lipinski definition) is 3. The molecule has 3 nitrogen and oxygen atoms in total. The third-order valence-electron chi connectivity index (χ3n) is 0.860.